The Morgan fingerprint density at radius 1 is 1.13 bits per heavy atom. The molecule has 1 saturated heterocycles. The fourth-order valence-corrected chi connectivity index (χ4v) is 3.75. The summed E-state index contributed by atoms with van der Waals surface area (Å²) in [5, 5.41) is 0. The lowest BCUT2D eigenvalue weighted by atomic mass is 10.2. The predicted octanol–water partition coefficient (Wildman–Crippen LogP) is 2.75. The van der Waals surface area contributed by atoms with E-state index in [1.807, 2.05) is 21.6 Å². The molecule has 0 bridgehead atoms. The van der Waals surface area contributed by atoms with Crippen molar-refractivity contribution in [3.63, 3.8) is 0 Å². The maximum atomic E-state index is 5.32. The van der Waals surface area contributed by atoms with E-state index in [2.05, 4.69) is 18.7 Å². The van der Waals surface area contributed by atoms with Crippen LogP contribution in [0.4, 0.5) is 0 Å². The van der Waals surface area contributed by atoms with Gasteiger partial charge in [-0.1, -0.05) is 35.4 Å². The van der Waals surface area contributed by atoms with Crippen LogP contribution in [0.5, 0.6) is 0 Å². The molecular formula is C11H23NOS2. The Morgan fingerprint density at radius 2 is 1.80 bits per heavy atom. The fourth-order valence-electron chi connectivity index (χ4n) is 1.39. The van der Waals surface area contributed by atoms with E-state index in [4.69, 9.17) is 4.74 Å². The minimum Gasteiger partial charge on any atom is -0.379 e. The number of hydrogen-bond acceptors (Lipinski definition) is 4. The zero-order chi connectivity index (χ0) is 10.9. The van der Waals surface area contributed by atoms with Gasteiger partial charge in [0.1, 0.15) is 0 Å². The number of nitrogens with zero attached hydrogens (tertiary/aromatic N) is 1. The number of rotatable bonds is 7. The van der Waals surface area contributed by atoms with Gasteiger partial charge in [0.25, 0.3) is 0 Å². The molecule has 1 rings (SSSR count). The van der Waals surface area contributed by atoms with E-state index in [9.17, 15) is 0 Å². The molecule has 0 amide bonds. The summed E-state index contributed by atoms with van der Waals surface area (Å²) in [6.07, 6.45) is 1.34. The Labute approximate surface area is 102 Å². The Morgan fingerprint density at radius 3 is 2.47 bits per heavy atom. The van der Waals surface area contributed by atoms with Gasteiger partial charge in [-0.05, 0) is 12.3 Å². The Bertz CT molecular complexity index is 150. The first-order valence-electron chi connectivity index (χ1n) is 5.83. The van der Waals surface area contributed by atoms with E-state index in [-0.39, 0.29) is 0 Å². The topological polar surface area (TPSA) is 12.5 Å². The van der Waals surface area contributed by atoms with Crippen LogP contribution in [0.15, 0.2) is 0 Å². The molecule has 0 saturated carbocycles. The van der Waals surface area contributed by atoms with Gasteiger partial charge in [0.15, 0.2) is 0 Å². The number of ether oxygens (including phenoxy) is 1. The smallest absolute Gasteiger partial charge is 0.0594 e. The average molecular weight is 249 g/mol. The van der Waals surface area contributed by atoms with E-state index in [1.54, 1.807) is 0 Å². The molecule has 0 aromatic rings. The Hall–Kier alpha value is 0.620. The van der Waals surface area contributed by atoms with Gasteiger partial charge >= 0.3 is 0 Å². The highest BCUT2D eigenvalue weighted by atomic mass is 33.1. The summed E-state index contributed by atoms with van der Waals surface area (Å²) >= 11 is 0. The number of hydrogen-bond donors (Lipinski definition) is 0. The van der Waals surface area contributed by atoms with E-state index >= 15 is 0 Å². The van der Waals surface area contributed by atoms with Gasteiger partial charge in [0.2, 0.25) is 0 Å². The predicted molar refractivity (Wildman–Crippen MR) is 71.6 cm³/mol. The first-order valence-corrected chi connectivity index (χ1v) is 8.32. The third-order valence-corrected chi connectivity index (χ3v) is 4.87. The van der Waals surface area contributed by atoms with Crippen molar-refractivity contribution in [1.29, 1.82) is 0 Å². The van der Waals surface area contributed by atoms with Crippen LogP contribution < -0.4 is 0 Å². The molecule has 15 heavy (non-hydrogen) atoms. The van der Waals surface area contributed by atoms with Gasteiger partial charge in [0.05, 0.1) is 13.2 Å². The molecule has 0 aromatic carbocycles. The van der Waals surface area contributed by atoms with Gasteiger partial charge in [-0.25, -0.2) is 0 Å². The van der Waals surface area contributed by atoms with Crippen LogP contribution in [-0.4, -0.2) is 49.3 Å². The van der Waals surface area contributed by atoms with Gasteiger partial charge < -0.3 is 4.74 Å². The summed E-state index contributed by atoms with van der Waals surface area (Å²) in [6, 6.07) is 0. The van der Waals surface area contributed by atoms with Crippen molar-refractivity contribution >= 4 is 21.6 Å². The number of morpholine rings is 1. The molecular weight excluding hydrogens is 226 g/mol. The van der Waals surface area contributed by atoms with Crippen molar-refractivity contribution in [1.82, 2.24) is 4.90 Å². The van der Waals surface area contributed by atoms with Gasteiger partial charge in [-0.2, -0.15) is 0 Å². The molecule has 90 valence electrons. The van der Waals surface area contributed by atoms with E-state index in [1.165, 1.54) is 24.5 Å². The quantitative estimate of drug-likeness (QED) is 0.508. The maximum absolute atomic E-state index is 5.32. The third-order valence-electron chi connectivity index (χ3n) is 2.46. The summed E-state index contributed by atoms with van der Waals surface area (Å²) in [6.45, 7) is 9.89. The lowest BCUT2D eigenvalue weighted by molar-refractivity contribution is 0.0410. The van der Waals surface area contributed by atoms with Crippen LogP contribution in [0.2, 0.25) is 0 Å². The van der Waals surface area contributed by atoms with Crippen LogP contribution >= 0.6 is 21.6 Å². The first-order chi connectivity index (χ1) is 7.29. The monoisotopic (exact) mass is 249 g/mol. The zero-order valence-electron chi connectivity index (χ0n) is 9.91. The van der Waals surface area contributed by atoms with E-state index in [0.29, 0.717) is 0 Å². The minimum absolute atomic E-state index is 0.845. The van der Waals surface area contributed by atoms with Gasteiger partial charge in [-0.15, -0.1) is 0 Å². The summed E-state index contributed by atoms with van der Waals surface area (Å²) in [4.78, 5) is 2.50. The summed E-state index contributed by atoms with van der Waals surface area (Å²) in [5.74, 6) is 3.39. The van der Waals surface area contributed by atoms with Crippen molar-refractivity contribution in [3.8, 4) is 0 Å². The van der Waals surface area contributed by atoms with Crippen LogP contribution in [0.25, 0.3) is 0 Å². The molecule has 0 spiro atoms. The molecule has 2 nitrogen and oxygen atoms in total. The van der Waals surface area contributed by atoms with Crippen molar-refractivity contribution in [2.24, 2.45) is 5.92 Å². The minimum atomic E-state index is 0.845. The van der Waals surface area contributed by atoms with Crippen LogP contribution in [0.1, 0.15) is 20.3 Å². The Balaban J connectivity index is 1.83. The second kappa shape index (κ2) is 8.74. The molecule has 1 heterocycles. The van der Waals surface area contributed by atoms with Crippen molar-refractivity contribution in [2.75, 3.05) is 44.4 Å². The lowest BCUT2D eigenvalue weighted by Gasteiger charge is -2.26. The zero-order valence-corrected chi connectivity index (χ0v) is 11.5. The second-order valence-electron chi connectivity index (χ2n) is 4.28. The lowest BCUT2D eigenvalue weighted by Crippen LogP contribution is -2.37. The van der Waals surface area contributed by atoms with E-state index < -0.39 is 0 Å². The molecule has 0 atom stereocenters. The molecule has 1 aliphatic heterocycles. The molecule has 0 N–H and O–H groups in total. The van der Waals surface area contributed by atoms with Crippen LogP contribution in [0.3, 0.4) is 0 Å². The van der Waals surface area contributed by atoms with E-state index in [0.717, 1.165) is 32.2 Å². The van der Waals surface area contributed by atoms with Gasteiger partial charge in [-0.3, -0.25) is 4.90 Å². The van der Waals surface area contributed by atoms with Crippen molar-refractivity contribution in [3.05, 3.63) is 0 Å². The first kappa shape index (κ1) is 13.7. The highest BCUT2D eigenvalue weighted by molar-refractivity contribution is 8.76. The molecule has 0 radical (unpaired) electrons. The standard InChI is InChI=1S/C11H23NOS2/c1-11(2)3-9-14-15-10-6-12-4-7-13-8-5-12/h11H,3-10H2,1-2H3. The summed E-state index contributed by atoms with van der Waals surface area (Å²) in [5.41, 5.74) is 0. The summed E-state index contributed by atoms with van der Waals surface area (Å²) < 4.78 is 5.32. The molecule has 0 unspecified atom stereocenters. The molecule has 1 fully saturated rings. The Kier molecular flexibility index (Phi) is 7.97. The normalized spacial score (nSPS) is 18.6. The molecule has 1 aliphatic rings. The second-order valence-corrected chi connectivity index (χ2v) is 6.98. The average Bonchev–Trinajstić information content (AvgIpc) is 2.24. The molecule has 0 aliphatic carbocycles. The highest BCUT2D eigenvalue weighted by Crippen LogP contribution is 2.23. The van der Waals surface area contributed by atoms with Crippen LogP contribution in [0, 0.1) is 5.92 Å². The van der Waals surface area contributed by atoms with Crippen molar-refractivity contribution in [2.45, 2.75) is 20.3 Å². The molecule has 0 aromatic heterocycles. The third kappa shape index (κ3) is 7.50. The van der Waals surface area contributed by atoms with Crippen molar-refractivity contribution < 1.29 is 4.74 Å². The highest BCUT2D eigenvalue weighted by Gasteiger charge is 2.09. The SMILES string of the molecule is CC(C)CCSSCCN1CCOCC1. The largest absolute Gasteiger partial charge is 0.379 e. The molecule has 4 heteroatoms. The van der Waals surface area contributed by atoms with Gasteiger partial charge in [0, 0.05) is 31.1 Å². The maximum Gasteiger partial charge on any atom is 0.0594 e. The summed E-state index contributed by atoms with van der Waals surface area (Å²) in [7, 11) is 4.05. The van der Waals surface area contributed by atoms with Crippen LogP contribution in [-0.2, 0) is 4.74 Å². The fraction of sp³-hybridized carbons (Fsp3) is 1.00.